The van der Waals surface area contributed by atoms with Crippen LogP contribution in [0.25, 0.3) is 0 Å². The fraction of sp³-hybridized carbons (Fsp3) is 0.889. The summed E-state index contributed by atoms with van der Waals surface area (Å²) < 4.78 is 5.15. The number of carbonyl (C=O) groups is 1. The van der Waals surface area contributed by atoms with Gasteiger partial charge in [-0.15, -0.1) is 0 Å². The maximum atomic E-state index is 11.1. The first-order valence-electron chi connectivity index (χ1n) is 4.46. The van der Waals surface area contributed by atoms with E-state index in [9.17, 15) is 4.79 Å². The topological polar surface area (TPSA) is 46.5 Å². The molecule has 1 N–H and O–H groups in total. The number of esters is 1. The highest BCUT2D eigenvalue weighted by Crippen LogP contribution is 2.26. The highest BCUT2D eigenvalue weighted by atomic mass is 16.5. The third-order valence-electron chi connectivity index (χ3n) is 2.44. The lowest BCUT2D eigenvalue weighted by molar-refractivity contribution is -0.165. The van der Waals surface area contributed by atoms with Crippen molar-refractivity contribution in [1.82, 2.24) is 0 Å². The van der Waals surface area contributed by atoms with Crippen LogP contribution in [0.5, 0.6) is 0 Å². The van der Waals surface area contributed by atoms with E-state index in [4.69, 9.17) is 9.84 Å². The molecule has 0 aromatic carbocycles. The van der Waals surface area contributed by atoms with E-state index >= 15 is 0 Å². The van der Waals surface area contributed by atoms with Crippen molar-refractivity contribution in [3.8, 4) is 0 Å². The molecule has 0 bridgehead atoms. The molecule has 0 spiro atoms. The van der Waals surface area contributed by atoms with Crippen LogP contribution in [0.3, 0.4) is 0 Å². The zero-order valence-corrected chi connectivity index (χ0v) is 7.62. The minimum atomic E-state index is -0.119. The van der Waals surface area contributed by atoms with E-state index in [1.165, 1.54) is 0 Å². The van der Waals surface area contributed by atoms with Crippen LogP contribution in [0.1, 0.15) is 26.7 Å². The van der Waals surface area contributed by atoms with Gasteiger partial charge in [-0.3, -0.25) is 4.79 Å². The van der Waals surface area contributed by atoms with Gasteiger partial charge in [0.25, 0.3) is 0 Å². The lowest BCUT2D eigenvalue weighted by Crippen LogP contribution is -2.36. The van der Waals surface area contributed by atoms with Gasteiger partial charge in [0, 0.05) is 13.0 Å². The van der Waals surface area contributed by atoms with Crippen LogP contribution >= 0.6 is 0 Å². The summed E-state index contributed by atoms with van der Waals surface area (Å²) in [6, 6.07) is 0. The Hall–Kier alpha value is -0.570. The second-order valence-corrected chi connectivity index (χ2v) is 3.60. The third-order valence-corrected chi connectivity index (χ3v) is 2.44. The van der Waals surface area contributed by atoms with Crippen molar-refractivity contribution in [1.29, 1.82) is 0 Å². The Morgan fingerprint density at radius 2 is 2.25 bits per heavy atom. The Balaban J connectivity index is 2.49. The van der Waals surface area contributed by atoms with E-state index in [0.717, 1.165) is 6.42 Å². The van der Waals surface area contributed by atoms with Crippen LogP contribution in [0.4, 0.5) is 0 Å². The molecule has 1 rings (SSSR count). The zero-order chi connectivity index (χ0) is 9.14. The quantitative estimate of drug-likeness (QED) is 0.631. The van der Waals surface area contributed by atoms with Gasteiger partial charge in [0.15, 0.2) is 0 Å². The molecule has 1 fully saturated rings. The Morgan fingerprint density at radius 1 is 1.58 bits per heavy atom. The molecular formula is C9H16O3. The molecule has 1 saturated heterocycles. The summed E-state index contributed by atoms with van der Waals surface area (Å²) in [6.45, 7) is 4.04. The summed E-state index contributed by atoms with van der Waals surface area (Å²) in [5.74, 6) is 0.284. The molecule has 0 aromatic heterocycles. The highest BCUT2D eigenvalue weighted by molar-refractivity contribution is 5.72. The first-order chi connectivity index (χ1) is 5.65. The molecule has 0 amide bonds. The predicted octanol–water partition coefficient (Wildman–Crippen LogP) is 0.956. The van der Waals surface area contributed by atoms with Crippen molar-refractivity contribution in [2.24, 2.45) is 11.8 Å². The number of ether oxygens (including phenoxy) is 1. The number of aliphatic hydroxyl groups is 1. The molecule has 0 aliphatic carbocycles. The van der Waals surface area contributed by atoms with E-state index in [2.05, 4.69) is 6.92 Å². The smallest absolute Gasteiger partial charge is 0.308 e. The summed E-state index contributed by atoms with van der Waals surface area (Å²) >= 11 is 0. The van der Waals surface area contributed by atoms with Gasteiger partial charge in [0.2, 0.25) is 0 Å². The fourth-order valence-corrected chi connectivity index (χ4v) is 1.66. The molecule has 1 aliphatic rings. The van der Waals surface area contributed by atoms with Gasteiger partial charge in [-0.25, -0.2) is 0 Å². The van der Waals surface area contributed by atoms with Gasteiger partial charge in [-0.2, -0.15) is 0 Å². The van der Waals surface area contributed by atoms with E-state index < -0.39 is 0 Å². The molecular weight excluding hydrogens is 156 g/mol. The minimum absolute atomic E-state index is 0.0231. The summed E-state index contributed by atoms with van der Waals surface area (Å²) in [7, 11) is 0. The Morgan fingerprint density at radius 3 is 2.83 bits per heavy atom. The van der Waals surface area contributed by atoms with Crippen molar-refractivity contribution in [3.05, 3.63) is 0 Å². The third kappa shape index (κ3) is 1.97. The van der Waals surface area contributed by atoms with Gasteiger partial charge in [0.1, 0.15) is 6.10 Å². The maximum absolute atomic E-state index is 11.1. The number of carbonyl (C=O) groups excluding carboxylic acids is 1. The molecule has 0 aromatic rings. The molecule has 0 saturated carbocycles. The molecule has 12 heavy (non-hydrogen) atoms. The van der Waals surface area contributed by atoms with Crippen LogP contribution in [-0.2, 0) is 9.53 Å². The second-order valence-electron chi connectivity index (χ2n) is 3.60. The van der Waals surface area contributed by atoms with Gasteiger partial charge in [-0.05, 0) is 12.3 Å². The van der Waals surface area contributed by atoms with Crippen molar-refractivity contribution < 1.29 is 14.6 Å². The molecule has 3 nitrogen and oxygen atoms in total. The molecule has 3 atom stereocenters. The minimum Gasteiger partial charge on any atom is -0.462 e. The summed E-state index contributed by atoms with van der Waals surface area (Å²) in [5, 5.41) is 8.70. The standard InChI is InChI=1S/C9H16O3/c1-6-5-7(2)9(11)12-8(6)3-4-10/h6-8,10H,3-5H2,1-2H3. The normalized spacial score (nSPS) is 36.2. The van der Waals surface area contributed by atoms with Crippen molar-refractivity contribution in [2.75, 3.05) is 6.61 Å². The number of aliphatic hydroxyl groups excluding tert-OH is 1. The summed E-state index contributed by atoms with van der Waals surface area (Å²) in [5.41, 5.74) is 0. The molecule has 3 heteroatoms. The Bertz CT molecular complexity index is 167. The Labute approximate surface area is 72.7 Å². The number of hydrogen-bond donors (Lipinski definition) is 1. The average Bonchev–Trinajstić information content (AvgIpc) is 2.01. The van der Waals surface area contributed by atoms with Gasteiger partial charge in [-0.1, -0.05) is 13.8 Å². The number of cyclic esters (lactones) is 1. The van der Waals surface area contributed by atoms with E-state index in [1.807, 2.05) is 6.92 Å². The van der Waals surface area contributed by atoms with Crippen LogP contribution in [0, 0.1) is 11.8 Å². The zero-order valence-electron chi connectivity index (χ0n) is 7.62. The SMILES string of the molecule is CC1CC(C)C(CCO)OC1=O. The Kier molecular flexibility index (Phi) is 3.09. The fourth-order valence-electron chi connectivity index (χ4n) is 1.66. The monoisotopic (exact) mass is 172 g/mol. The van der Waals surface area contributed by atoms with Crippen LogP contribution in [0.15, 0.2) is 0 Å². The molecule has 1 heterocycles. The molecule has 3 unspecified atom stereocenters. The lowest BCUT2D eigenvalue weighted by atomic mass is 9.88. The van der Waals surface area contributed by atoms with Gasteiger partial charge < -0.3 is 9.84 Å². The lowest BCUT2D eigenvalue weighted by Gasteiger charge is -2.31. The largest absolute Gasteiger partial charge is 0.462 e. The van der Waals surface area contributed by atoms with Crippen LogP contribution in [0.2, 0.25) is 0 Å². The number of hydrogen-bond acceptors (Lipinski definition) is 3. The van der Waals surface area contributed by atoms with E-state index in [1.54, 1.807) is 0 Å². The average molecular weight is 172 g/mol. The van der Waals surface area contributed by atoms with E-state index in [0.29, 0.717) is 12.3 Å². The highest BCUT2D eigenvalue weighted by Gasteiger charge is 2.31. The van der Waals surface area contributed by atoms with Gasteiger partial charge in [0.05, 0.1) is 5.92 Å². The predicted molar refractivity (Wildman–Crippen MR) is 44.5 cm³/mol. The van der Waals surface area contributed by atoms with Gasteiger partial charge >= 0.3 is 5.97 Å². The van der Waals surface area contributed by atoms with Crippen LogP contribution < -0.4 is 0 Å². The first-order valence-corrected chi connectivity index (χ1v) is 4.46. The van der Waals surface area contributed by atoms with Crippen molar-refractivity contribution in [3.63, 3.8) is 0 Å². The molecule has 0 radical (unpaired) electrons. The van der Waals surface area contributed by atoms with Crippen LogP contribution in [-0.4, -0.2) is 23.8 Å². The summed E-state index contributed by atoms with van der Waals surface area (Å²) in [6.07, 6.45) is 1.38. The molecule has 70 valence electrons. The van der Waals surface area contributed by atoms with Crippen molar-refractivity contribution in [2.45, 2.75) is 32.8 Å². The van der Waals surface area contributed by atoms with Crippen molar-refractivity contribution >= 4 is 5.97 Å². The first kappa shape index (κ1) is 9.52. The summed E-state index contributed by atoms with van der Waals surface area (Å²) in [4.78, 5) is 11.1. The maximum Gasteiger partial charge on any atom is 0.308 e. The second kappa shape index (κ2) is 3.90. The van der Waals surface area contributed by atoms with E-state index in [-0.39, 0.29) is 24.6 Å². The number of rotatable bonds is 2. The molecule has 1 aliphatic heterocycles.